The normalized spacial score (nSPS) is 16.2. The van der Waals surface area contributed by atoms with E-state index in [1.165, 1.54) is 55.3 Å². The zero-order valence-corrected chi connectivity index (χ0v) is 21.9. The van der Waals surface area contributed by atoms with Gasteiger partial charge >= 0.3 is 0 Å². The number of rotatable bonds is 3. The molecule has 2 atom stereocenters. The highest BCUT2D eigenvalue weighted by atomic mass is 79.9. The van der Waals surface area contributed by atoms with E-state index in [1.54, 1.807) is 0 Å². The fraction of sp³-hybridized carbons (Fsp3) is 0.0556. The SMILES string of the molecule is Brc1ccc(C2c3ccccc3C(c3ccccc3)c3c2cc(-c2ccccc2)c2ccccc32)cc1. The van der Waals surface area contributed by atoms with Crippen LogP contribution < -0.4 is 0 Å². The van der Waals surface area contributed by atoms with E-state index in [2.05, 4.69) is 155 Å². The Balaban J connectivity index is 1.63. The molecule has 176 valence electrons. The van der Waals surface area contributed by atoms with Gasteiger partial charge in [-0.25, -0.2) is 0 Å². The van der Waals surface area contributed by atoms with Gasteiger partial charge in [0.05, 0.1) is 0 Å². The summed E-state index contributed by atoms with van der Waals surface area (Å²) in [5, 5.41) is 2.65. The van der Waals surface area contributed by atoms with Crippen LogP contribution in [0.5, 0.6) is 0 Å². The Morgan fingerprint density at radius 3 is 1.68 bits per heavy atom. The monoisotopic (exact) mass is 536 g/mol. The molecule has 1 heteroatoms. The summed E-state index contributed by atoms with van der Waals surface area (Å²) in [5.41, 5.74) is 10.8. The maximum Gasteiger partial charge on any atom is 0.0352 e. The fourth-order valence-corrected chi connectivity index (χ4v) is 6.47. The van der Waals surface area contributed by atoms with Crippen LogP contribution in [0.2, 0.25) is 0 Å². The number of halogens is 1. The molecule has 6 aromatic carbocycles. The Morgan fingerprint density at radius 2 is 0.973 bits per heavy atom. The largest absolute Gasteiger partial charge is 0.0622 e. The molecule has 0 N–H and O–H groups in total. The van der Waals surface area contributed by atoms with Crippen LogP contribution >= 0.6 is 15.9 Å². The van der Waals surface area contributed by atoms with E-state index in [-0.39, 0.29) is 11.8 Å². The molecule has 2 unspecified atom stereocenters. The molecule has 0 saturated carbocycles. The maximum absolute atomic E-state index is 3.65. The summed E-state index contributed by atoms with van der Waals surface area (Å²) in [5.74, 6) is 0.333. The first-order valence-corrected chi connectivity index (χ1v) is 13.6. The molecule has 1 aliphatic rings. The van der Waals surface area contributed by atoms with Gasteiger partial charge in [0.15, 0.2) is 0 Å². The molecule has 6 aromatic rings. The predicted octanol–water partition coefficient (Wildman–Crippen LogP) is 9.94. The Labute approximate surface area is 226 Å². The van der Waals surface area contributed by atoms with Crippen LogP contribution in [0.4, 0.5) is 0 Å². The summed E-state index contributed by atoms with van der Waals surface area (Å²) in [7, 11) is 0. The summed E-state index contributed by atoms with van der Waals surface area (Å²) < 4.78 is 1.10. The van der Waals surface area contributed by atoms with Crippen molar-refractivity contribution in [2.75, 3.05) is 0 Å². The molecule has 0 radical (unpaired) electrons. The lowest BCUT2D eigenvalue weighted by Crippen LogP contribution is -2.20. The molecular formula is C36H25Br. The lowest BCUT2D eigenvalue weighted by molar-refractivity contribution is 0.830. The molecule has 0 bridgehead atoms. The van der Waals surface area contributed by atoms with Gasteiger partial charge in [-0.1, -0.05) is 137 Å². The van der Waals surface area contributed by atoms with Crippen molar-refractivity contribution in [3.8, 4) is 11.1 Å². The molecular weight excluding hydrogens is 512 g/mol. The third-order valence-electron chi connectivity index (χ3n) is 7.76. The Bertz CT molecular complexity index is 1720. The summed E-state index contributed by atoms with van der Waals surface area (Å²) in [6, 6.07) is 51.2. The minimum atomic E-state index is 0.159. The zero-order chi connectivity index (χ0) is 24.8. The quantitative estimate of drug-likeness (QED) is 0.210. The van der Waals surface area contributed by atoms with Gasteiger partial charge in [-0.2, -0.15) is 0 Å². The first-order chi connectivity index (χ1) is 18.3. The van der Waals surface area contributed by atoms with Crippen molar-refractivity contribution < 1.29 is 0 Å². The van der Waals surface area contributed by atoms with E-state index in [9.17, 15) is 0 Å². The maximum atomic E-state index is 3.65. The van der Waals surface area contributed by atoms with E-state index >= 15 is 0 Å². The second-order valence-corrected chi connectivity index (χ2v) is 10.7. The summed E-state index contributed by atoms with van der Waals surface area (Å²) >= 11 is 3.65. The molecule has 37 heavy (non-hydrogen) atoms. The van der Waals surface area contributed by atoms with Gasteiger partial charge in [0, 0.05) is 16.3 Å². The fourth-order valence-electron chi connectivity index (χ4n) is 6.20. The second kappa shape index (κ2) is 9.18. The number of benzene rings is 6. The minimum absolute atomic E-state index is 0.159. The predicted molar refractivity (Wildman–Crippen MR) is 158 cm³/mol. The summed E-state index contributed by atoms with van der Waals surface area (Å²) in [6.07, 6.45) is 0. The molecule has 0 aromatic heterocycles. The standard InChI is InChI=1S/C36H25Br/c37-27-21-19-26(20-22-27)34-30-17-9-10-18-31(30)35(25-13-5-2-6-14-25)36-29-16-8-7-15-28(29)32(23-33(34)36)24-11-3-1-4-12-24/h1-23,34-35H. The topological polar surface area (TPSA) is 0 Å². The van der Waals surface area contributed by atoms with Gasteiger partial charge in [0.25, 0.3) is 0 Å². The van der Waals surface area contributed by atoms with Crippen molar-refractivity contribution in [3.05, 3.63) is 177 Å². The van der Waals surface area contributed by atoms with Crippen LogP contribution in [0.1, 0.15) is 45.2 Å². The van der Waals surface area contributed by atoms with E-state index in [0.29, 0.717) is 0 Å². The van der Waals surface area contributed by atoms with Crippen LogP contribution in [0.3, 0.4) is 0 Å². The molecule has 0 spiro atoms. The molecule has 1 aliphatic carbocycles. The van der Waals surface area contributed by atoms with E-state index in [0.717, 1.165) is 4.47 Å². The number of hydrogen-bond acceptors (Lipinski definition) is 0. The van der Waals surface area contributed by atoms with Crippen LogP contribution in [0.25, 0.3) is 21.9 Å². The van der Waals surface area contributed by atoms with Crippen molar-refractivity contribution in [2.24, 2.45) is 0 Å². The lowest BCUT2D eigenvalue weighted by Gasteiger charge is -2.36. The Hall–Kier alpha value is -3.94. The van der Waals surface area contributed by atoms with E-state index in [4.69, 9.17) is 0 Å². The van der Waals surface area contributed by atoms with Gasteiger partial charge in [0.2, 0.25) is 0 Å². The minimum Gasteiger partial charge on any atom is -0.0622 e. The highest BCUT2D eigenvalue weighted by Crippen LogP contribution is 2.52. The van der Waals surface area contributed by atoms with Crippen LogP contribution in [-0.4, -0.2) is 0 Å². The summed E-state index contributed by atoms with van der Waals surface area (Å²) in [6.45, 7) is 0. The first-order valence-electron chi connectivity index (χ1n) is 12.8. The molecule has 7 rings (SSSR count). The highest BCUT2D eigenvalue weighted by Gasteiger charge is 2.35. The van der Waals surface area contributed by atoms with Gasteiger partial charge in [-0.3, -0.25) is 0 Å². The second-order valence-electron chi connectivity index (χ2n) is 9.80. The smallest absolute Gasteiger partial charge is 0.0352 e. The zero-order valence-electron chi connectivity index (χ0n) is 20.3. The van der Waals surface area contributed by atoms with Crippen molar-refractivity contribution in [1.82, 2.24) is 0 Å². The number of hydrogen-bond donors (Lipinski definition) is 0. The van der Waals surface area contributed by atoms with Gasteiger partial charge in [-0.15, -0.1) is 0 Å². The summed E-state index contributed by atoms with van der Waals surface area (Å²) in [4.78, 5) is 0. The van der Waals surface area contributed by atoms with Gasteiger partial charge in [-0.05, 0) is 73.5 Å². The first kappa shape index (κ1) is 22.3. The molecule has 0 saturated heterocycles. The van der Waals surface area contributed by atoms with Gasteiger partial charge in [0.1, 0.15) is 0 Å². The van der Waals surface area contributed by atoms with Crippen molar-refractivity contribution in [2.45, 2.75) is 11.8 Å². The van der Waals surface area contributed by atoms with Crippen LogP contribution in [0.15, 0.2) is 144 Å². The van der Waals surface area contributed by atoms with Crippen LogP contribution in [0, 0.1) is 0 Å². The molecule has 0 aliphatic heterocycles. The molecule has 0 heterocycles. The Morgan fingerprint density at radius 1 is 0.432 bits per heavy atom. The van der Waals surface area contributed by atoms with Gasteiger partial charge < -0.3 is 0 Å². The van der Waals surface area contributed by atoms with E-state index in [1.807, 2.05) is 0 Å². The highest BCUT2D eigenvalue weighted by molar-refractivity contribution is 9.10. The molecule has 0 amide bonds. The lowest BCUT2D eigenvalue weighted by atomic mass is 9.66. The van der Waals surface area contributed by atoms with Crippen LogP contribution in [-0.2, 0) is 0 Å². The van der Waals surface area contributed by atoms with Crippen molar-refractivity contribution in [3.63, 3.8) is 0 Å². The van der Waals surface area contributed by atoms with Crippen molar-refractivity contribution >= 4 is 26.7 Å². The third-order valence-corrected chi connectivity index (χ3v) is 8.29. The number of fused-ring (bicyclic) bond motifs is 4. The molecule has 0 nitrogen and oxygen atoms in total. The Kier molecular flexibility index (Phi) is 5.52. The average molecular weight is 538 g/mol. The average Bonchev–Trinajstić information content (AvgIpc) is 2.97. The van der Waals surface area contributed by atoms with E-state index < -0.39 is 0 Å². The third kappa shape index (κ3) is 3.74. The van der Waals surface area contributed by atoms with Crippen molar-refractivity contribution in [1.29, 1.82) is 0 Å². The molecule has 0 fully saturated rings.